The molecule has 5 heavy (non-hydrogen) atoms. The molecule has 0 aliphatic rings. The molecular formula is H4AmF4. The number of halogens is 4. The van der Waals surface area contributed by atoms with E-state index in [4.69, 9.17) is 0 Å². The average Bonchev–Trinajstić information content (AvgIpc) is 0. The zero-order valence-electron chi connectivity index (χ0n) is 2.01. The normalized spacial score (nSPS) is 0. The Labute approximate surface area is 34.2 Å². The zero-order chi connectivity index (χ0) is 0. The molecule has 0 amide bonds. The Hall–Kier alpha value is 0.110. The largest absolute Gasteiger partial charge is 0.269 e. The van der Waals surface area contributed by atoms with Crippen molar-refractivity contribution in [3.05, 3.63) is 0 Å². The van der Waals surface area contributed by atoms with Gasteiger partial charge in [0.25, 0.3) is 0 Å². The fourth-order valence-electron chi connectivity index (χ4n) is 0. The van der Waals surface area contributed by atoms with E-state index in [1.165, 1.54) is 0 Å². The molecule has 39 valence electrons. The van der Waals surface area contributed by atoms with Crippen LogP contribution < -0.4 is 0 Å². The van der Waals surface area contributed by atoms with Crippen molar-refractivity contribution in [3.63, 3.8) is 0 Å². The molecule has 1 radical (unpaired) electrons. The third-order valence-corrected chi connectivity index (χ3v) is 0. The summed E-state index contributed by atoms with van der Waals surface area (Å²) in [6.07, 6.45) is 0. The van der Waals surface area contributed by atoms with Crippen molar-refractivity contribution in [2.24, 2.45) is 0 Å². The van der Waals surface area contributed by atoms with Crippen LogP contribution in [0.2, 0.25) is 0 Å². The van der Waals surface area contributed by atoms with Gasteiger partial charge in [0.2, 0.25) is 0 Å². The van der Waals surface area contributed by atoms with E-state index >= 15 is 0 Å². The van der Waals surface area contributed by atoms with Crippen molar-refractivity contribution in [2.45, 2.75) is 0 Å². The molecule has 0 fully saturated rings. The molecule has 0 saturated heterocycles. The van der Waals surface area contributed by atoms with E-state index in [9.17, 15) is 0 Å². The monoisotopic (exact) mass is 321 g/mol. The molecule has 0 atom stereocenters. The molecule has 0 N–H and O–H groups in total. The summed E-state index contributed by atoms with van der Waals surface area (Å²) >= 11 is 0. The maximum Gasteiger partial charge on any atom is 0 e. The van der Waals surface area contributed by atoms with Crippen LogP contribution in [0.4, 0.5) is 18.8 Å². The van der Waals surface area contributed by atoms with Gasteiger partial charge in [-0.2, -0.15) is 0 Å². The smallest absolute Gasteiger partial charge is 0 e. The molecule has 0 rings (SSSR count). The van der Waals surface area contributed by atoms with Crippen LogP contribution in [0.15, 0.2) is 0 Å². The molecule has 0 bridgehead atoms. The van der Waals surface area contributed by atoms with Gasteiger partial charge in [-0.3, -0.25) is 18.8 Å². The van der Waals surface area contributed by atoms with Gasteiger partial charge in [-0.15, -0.1) is 0 Å². The molecule has 0 aliphatic heterocycles. The second kappa shape index (κ2) is 3310. The van der Waals surface area contributed by atoms with Gasteiger partial charge in [-0.1, -0.05) is 0 Å². The Kier molecular flexibility index (Phi) is 4750000. The van der Waals surface area contributed by atoms with Gasteiger partial charge in [0.05, 0.1) is 0 Å². The number of hydrogen-bond acceptors (Lipinski definition) is 0. The molecule has 0 nitrogen and oxygen atoms in total. The molecule has 0 aliphatic carbocycles. The van der Waals surface area contributed by atoms with Crippen molar-refractivity contribution >= 4 is 0 Å². The van der Waals surface area contributed by atoms with Crippen LogP contribution in [0.5, 0.6) is 0 Å². The quantitative estimate of drug-likeness (QED) is 0.573. The molecule has 0 saturated carbocycles. The van der Waals surface area contributed by atoms with Crippen molar-refractivity contribution in [2.75, 3.05) is 0 Å². The van der Waals surface area contributed by atoms with Gasteiger partial charge in [0.1, 0.15) is 0 Å². The first-order chi connectivity index (χ1) is 0. The second-order valence-corrected chi connectivity index (χ2v) is 0. The van der Waals surface area contributed by atoms with Crippen LogP contribution in [0.1, 0.15) is 0 Å². The van der Waals surface area contributed by atoms with E-state index in [1.54, 1.807) is 0 Å². The molecule has 0 unspecified atom stereocenters. The van der Waals surface area contributed by atoms with Gasteiger partial charge in [0, 0.05) is 14.3 Å². The maximum atomic E-state index is 0. The summed E-state index contributed by atoms with van der Waals surface area (Å²) in [6.45, 7) is 0. The van der Waals surface area contributed by atoms with Crippen LogP contribution in [-0.4, -0.2) is 0 Å². The SMILES string of the molecule is F.F.F.F.[Am]. The van der Waals surface area contributed by atoms with Gasteiger partial charge in [-0.05, 0) is 0 Å². The second-order valence-electron chi connectivity index (χ2n) is 0. The van der Waals surface area contributed by atoms with Gasteiger partial charge >= 0.3 is 0 Å². The Bertz CT molecular complexity index is 3.61. The Morgan fingerprint density at radius 3 is 0.400 bits per heavy atom. The Morgan fingerprint density at radius 1 is 0.400 bits per heavy atom. The first kappa shape index (κ1) is 7180. The van der Waals surface area contributed by atoms with Gasteiger partial charge in [-0.25, -0.2) is 0 Å². The minimum Gasteiger partial charge on any atom is -0.269 e. The fourth-order valence-corrected chi connectivity index (χ4v) is 0. The molecular weight excluding hydrogens is 319 g/mol. The Morgan fingerprint density at radius 2 is 0.400 bits per heavy atom. The van der Waals surface area contributed by atoms with E-state index in [2.05, 4.69) is 0 Å². The minimum absolute atomic E-state index is 0. The number of hydrogen-bond donors (Lipinski definition) is 0. The van der Waals surface area contributed by atoms with E-state index in [0.717, 1.165) is 0 Å². The summed E-state index contributed by atoms with van der Waals surface area (Å²) in [5.74, 6) is 0. The number of rotatable bonds is 0. The summed E-state index contributed by atoms with van der Waals surface area (Å²) in [6, 6.07) is 0. The first-order valence-electron chi connectivity index (χ1n) is 0. The first-order valence-corrected chi connectivity index (χ1v) is 0. The Balaban J connectivity index is 0. The van der Waals surface area contributed by atoms with Crippen LogP contribution in [-0.2, 0) is 0 Å². The summed E-state index contributed by atoms with van der Waals surface area (Å²) in [5.41, 5.74) is 0. The van der Waals surface area contributed by atoms with E-state index in [-0.39, 0.29) is 33.1 Å². The zero-order valence-corrected chi connectivity index (χ0v) is 5.16. The molecule has 0 spiro atoms. The van der Waals surface area contributed by atoms with Crippen molar-refractivity contribution in [3.8, 4) is 0 Å². The third kappa shape index (κ3) is 1520. The van der Waals surface area contributed by atoms with Crippen molar-refractivity contribution < 1.29 is 33.1 Å². The van der Waals surface area contributed by atoms with Gasteiger partial charge < -0.3 is 0 Å². The van der Waals surface area contributed by atoms with Crippen molar-refractivity contribution in [1.29, 1.82) is 0 Å². The van der Waals surface area contributed by atoms with E-state index in [1.807, 2.05) is 0 Å². The fraction of sp³-hybridized carbons (Fsp3) is 0. The third-order valence-electron chi connectivity index (χ3n) is 0. The van der Waals surface area contributed by atoms with Crippen molar-refractivity contribution in [1.82, 2.24) is 0 Å². The molecule has 0 heterocycles. The van der Waals surface area contributed by atoms with Crippen LogP contribution in [0.3, 0.4) is 0 Å². The van der Waals surface area contributed by atoms with Gasteiger partial charge in [0.15, 0.2) is 0 Å². The summed E-state index contributed by atoms with van der Waals surface area (Å²) in [5, 5.41) is 0. The summed E-state index contributed by atoms with van der Waals surface area (Å²) in [4.78, 5) is 0. The van der Waals surface area contributed by atoms with Crippen LogP contribution in [0, 0.1) is 14.3 Å². The summed E-state index contributed by atoms with van der Waals surface area (Å²) < 4.78 is 0. The molecule has 5 heteroatoms. The molecule has 0 aromatic rings. The maximum absolute atomic E-state index is 0. The average molecular weight is 323 g/mol. The predicted octanol–water partition coefficient (Wildman–Crippen LogP) is 0.610. The predicted molar refractivity (Wildman–Crippen MR) is 10.0 cm³/mol. The van der Waals surface area contributed by atoms with Crippen LogP contribution in [0.25, 0.3) is 0 Å². The van der Waals surface area contributed by atoms with E-state index < -0.39 is 0 Å². The minimum atomic E-state index is 0. The van der Waals surface area contributed by atoms with E-state index in [0.29, 0.717) is 0 Å². The topological polar surface area (TPSA) is 0 Å². The molecule has 0 aromatic heterocycles. The van der Waals surface area contributed by atoms with Crippen LogP contribution >= 0.6 is 0 Å². The summed E-state index contributed by atoms with van der Waals surface area (Å²) in [7, 11) is 0. The molecule has 0 aromatic carbocycles. The standard InChI is InChI=1S/Am.4FH/h;4*1H.